The zero-order valence-corrected chi connectivity index (χ0v) is 12.0. The highest BCUT2D eigenvalue weighted by atomic mass is 79.9. The van der Waals surface area contributed by atoms with Gasteiger partial charge in [-0.25, -0.2) is 0 Å². The van der Waals surface area contributed by atoms with Gasteiger partial charge in [0.25, 0.3) is 0 Å². The first-order chi connectivity index (χ1) is 7.63. The van der Waals surface area contributed by atoms with Crippen LogP contribution in [0.5, 0.6) is 0 Å². The number of nitrogens with zero attached hydrogens (tertiary/aromatic N) is 2. The van der Waals surface area contributed by atoms with Crippen LogP contribution in [0.25, 0.3) is 0 Å². The molecule has 4 heteroatoms. The van der Waals surface area contributed by atoms with Crippen LogP contribution in [-0.4, -0.2) is 16.3 Å². The number of aryl methyl sites for hydroxylation is 2. The second-order valence-corrected chi connectivity index (χ2v) is 5.05. The van der Waals surface area contributed by atoms with Gasteiger partial charge in [-0.15, -0.1) is 0 Å². The van der Waals surface area contributed by atoms with E-state index in [1.54, 1.807) is 0 Å². The highest BCUT2D eigenvalue weighted by Crippen LogP contribution is 2.24. The third kappa shape index (κ3) is 3.08. The topological polar surface area (TPSA) is 43.8 Å². The monoisotopic (exact) mass is 287 g/mol. The minimum atomic E-state index is 0.572. The second kappa shape index (κ2) is 6.40. The lowest BCUT2D eigenvalue weighted by Crippen LogP contribution is -2.18. The summed E-state index contributed by atoms with van der Waals surface area (Å²) in [5, 5.41) is 4.51. The molecule has 2 N–H and O–H groups in total. The predicted molar refractivity (Wildman–Crippen MR) is 71.5 cm³/mol. The minimum absolute atomic E-state index is 0.572. The van der Waals surface area contributed by atoms with Crippen LogP contribution in [-0.2, 0) is 13.0 Å². The smallest absolute Gasteiger partial charge is 0.0738 e. The predicted octanol–water partition coefficient (Wildman–Crippen LogP) is 2.89. The molecule has 1 heterocycles. The molecule has 1 rings (SSSR count). The number of hydrogen-bond acceptors (Lipinski definition) is 2. The van der Waals surface area contributed by atoms with Crippen LogP contribution in [0.3, 0.4) is 0 Å². The normalized spacial score (nSPS) is 13.1. The Labute approximate surface area is 107 Å². The summed E-state index contributed by atoms with van der Waals surface area (Å²) in [6, 6.07) is 0. The van der Waals surface area contributed by atoms with Crippen molar-refractivity contribution in [3.05, 3.63) is 15.9 Å². The van der Waals surface area contributed by atoms with Gasteiger partial charge in [0.05, 0.1) is 15.9 Å². The van der Waals surface area contributed by atoms with E-state index in [0.29, 0.717) is 5.92 Å². The average molecular weight is 288 g/mol. The van der Waals surface area contributed by atoms with Crippen molar-refractivity contribution >= 4 is 15.9 Å². The third-order valence-corrected chi connectivity index (χ3v) is 4.00. The molecular formula is C12H22BrN3. The van der Waals surface area contributed by atoms with E-state index in [1.807, 2.05) is 6.92 Å². The Balaban J connectivity index is 2.85. The van der Waals surface area contributed by atoms with Crippen LogP contribution in [0, 0.1) is 12.8 Å². The molecule has 0 amide bonds. The first-order valence-electron chi connectivity index (χ1n) is 6.05. The highest BCUT2D eigenvalue weighted by molar-refractivity contribution is 9.10. The number of rotatable bonds is 6. The van der Waals surface area contributed by atoms with Crippen LogP contribution in [0.4, 0.5) is 0 Å². The molecule has 0 aliphatic rings. The quantitative estimate of drug-likeness (QED) is 0.874. The van der Waals surface area contributed by atoms with Crippen molar-refractivity contribution in [3.63, 3.8) is 0 Å². The van der Waals surface area contributed by atoms with Crippen LogP contribution >= 0.6 is 15.9 Å². The lowest BCUT2D eigenvalue weighted by Gasteiger charge is -2.14. The van der Waals surface area contributed by atoms with Crippen LogP contribution in [0.2, 0.25) is 0 Å². The summed E-state index contributed by atoms with van der Waals surface area (Å²) >= 11 is 3.63. The van der Waals surface area contributed by atoms with Gasteiger partial charge in [-0.2, -0.15) is 5.10 Å². The Morgan fingerprint density at radius 2 is 2.12 bits per heavy atom. The summed E-state index contributed by atoms with van der Waals surface area (Å²) in [7, 11) is 0. The zero-order chi connectivity index (χ0) is 12.1. The maximum absolute atomic E-state index is 5.81. The Morgan fingerprint density at radius 3 is 2.62 bits per heavy atom. The van der Waals surface area contributed by atoms with Crippen LogP contribution < -0.4 is 5.73 Å². The van der Waals surface area contributed by atoms with Crippen LogP contribution in [0.1, 0.15) is 38.1 Å². The maximum atomic E-state index is 5.81. The standard InChI is InChI=1S/C12H22BrN3/c1-4-6-10(8-14)7-11-12(13)9(3)15-16(11)5-2/h10H,4-8,14H2,1-3H3. The van der Waals surface area contributed by atoms with Gasteiger partial charge in [0, 0.05) is 6.54 Å². The van der Waals surface area contributed by atoms with Crippen molar-refractivity contribution in [2.45, 2.75) is 46.6 Å². The summed E-state index contributed by atoms with van der Waals surface area (Å²) in [6.45, 7) is 8.05. The Bertz CT molecular complexity index is 333. The second-order valence-electron chi connectivity index (χ2n) is 4.26. The van der Waals surface area contributed by atoms with Crippen molar-refractivity contribution < 1.29 is 0 Å². The molecule has 0 radical (unpaired) electrons. The molecule has 1 unspecified atom stereocenters. The molecule has 0 aliphatic carbocycles. The highest BCUT2D eigenvalue weighted by Gasteiger charge is 2.16. The van der Waals surface area contributed by atoms with E-state index in [4.69, 9.17) is 5.73 Å². The molecule has 1 atom stereocenters. The van der Waals surface area contributed by atoms with E-state index in [2.05, 4.69) is 39.6 Å². The Hall–Kier alpha value is -0.350. The molecule has 0 bridgehead atoms. The molecule has 1 aromatic heterocycles. The van der Waals surface area contributed by atoms with E-state index in [-0.39, 0.29) is 0 Å². The first-order valence-corrected chi connectivity index (χ1v) is 6.85. The third-order valence-electron chi connectivity index (χ3n) is 2.97. The molecule has 0 saturated heterocycles. The molecular weight excluding hydrogens is 266 g/mol. The van der Waals surface area contributed by atoms with Gasteiger partial charge < -0.3 is 5.73 Å². The largest absolute Gasteiger partial charge is 0.330 e. The van der Waals surface area contributed by atoms with E-state index in [1.165, 1.54) is 18.5 Å². The number of aromatic nitrogens is 2. The summed E-state index contributed by atoms with van der Waals surface area (Å²) in [5.74, 6) is 0.572. The molecule has 1 aromatic rings. The van der Waals surface area contributed by atoms with Crippen molar-refractivity contribution in [1.29, 1.82) is 0 Å². The molecule has 92 valence electrons. The van der Waals surface area contributed by atoms with Crippen molar-refractivity contribution in [2.75, 3.05) is 6.54 Å². The van der Waals surface area contributed by atoms with Gasteiger partial charge in [-0.05, 0) is 55.1 Å². The van der Waals surface area contributed by atoms with Gasteiger partial charge in [0.2, 0.25) is 0 Å². The van der Waals surface area contributed by atoms with Gasteiger partial charge in [0.1, 0.15) is 0 Å². The number of halogens is 1. The fourth-order valence-corrected chi connectivity index (χ4v) is 2.49. The van der Waals surface area contributed by atoms with Crippen molar-refractivity contribution in [1.82, 2.24) is 9.78 Å². The number of nitrogens with two attached hydrogens (primary N) is 1. The molecule has 0 aromatic carbocycles. The SMILES string of the molecule is CCCC(CN)Cc1c(Br)c(C)nn1CC. The van der Waals surface area contributed by atoms with E-state index < -0.39 is 0 Å². The minimum Gasteiger partial charge on any atom is -0.330 e. The fraction of sp³-hybridized carbons (Fsp3) is 0.750. The fourth-order valence-electron chi connectivity index (χ4n) is 2.05. The zero-order valence-electron chi connectivity index (χ0n) is 10.5. The molecule has 0 spiro atoms. The molecule has 0 fully saturated rings. The van der Waals surface area contributed by atoms with Gasteiger partial charge in [0.15, 0.2) is 0 Å². The maximum Gasteiger partial charge on any atom is 0.0738 e. The van der Waals surface area contributed by atoms with Gasteiger partial charge in [-0.1, -0.05) is 13.3 Å². The van der Waals surface area contributed by atoms with Crippen LogP contribution in [0.15, 0.2) is 4.47 Å². The summed E-state index contributed by atoms with van der Waals surface area (Å²) < 4.78 is 3.24. The van der Waals surface area contributed by atoms with E-state index >= 15 is 0 Å². The molecule has 16 heavy (non-hydrogen) atoms. The summed E-state index contributed by atoms with van der Waals surface area (Å²) in [4.78, 5) is 0. The molecule has 0 saturated carbocycles. The summed E-state index contributed by atoms with van der Waals surface area (Å²) in [5.41, 5.74) is 8.18. The van der Waals surface area contributed by atoms with Gasteiger partial charge >= 0.3 is 0 Å². The van der Waals surface area contributed by atoms with E-state index in [9.17, 15) is 0 Å². The lowest BCUT2D eigenvalue weighted by molar-refractivity contribution is 0.464. The lowest BCUT2D eigenvalue weighted by atomic mass is 9.98. The average Bonchev–Trinajstić information content (AvgIpc) is 2.55. The van der Waals surface area contributed by atoms with Crippen molar-refractivity contribution in [2.24, 2.45) is 11.7 Å². The van der Waals surface area contributed by atoms with Gasteiger partial charge in [-0.3, -0.25) is 4.68 Å². The summed E-state index contributed by atoms with van der Waals surface area (Å²) in [6.07, 6.45) is 3.41. The first kappa shape index (κ1) is 13.7. The molecule has 0 aliphatic heterocycles. The molecule has 3 nitrogen and oxygen atoms in total. The Kier molecular flexibility index (Phi) is 5.49. The van der Waals surface area contributed by atoms with E-state index in [0.717, 1.165) is 29.7 Å². The van der Waals surface area contributed by atoms with Crippen molar-refractivity contribution in [3.8, 4) is 0 Å². The Morgan fingerprint density at radius 1 is 1.44 bits per heavy atom. The number of hydrogen-bond donors (Lipinski definition) is 1.